The predicted octanol–water partition coefficient (Wildman–Crippen LogP) is 0.288. The quantitative estimate of drug-likeness (QED) is 0.504. The minimum atomic E-state index is 0.465. The highest BCUT2D eigenvalue weighted by molar-refractivity contribution is 5.95. The van der Waals surface area contributed by atoms with Gasteiger partial charge in [0.25, 0.3) is 0 Å². The highest BCUT2D eigenvalue weighted by Gasteiger charge is 2.20. The molecule has 1 heterocycles. The van der Waals surface area contributed by atoms with Crippen LogP contribution in [0.25, 0.3) is 0 Å². The van der Waals surface area contributed by atoms with E-state index in [2.05, 4.69) is 10.1 Å². The zero-order valence-electron chi connectivity index (χ0n) is 7.07. The van der Waals surface area contributed by atoms with E-state index in [0.717, 1.165) is 5.69 Å². The van der Waals surface area contributed by atoms with Crippen LogP contribution >= 0.6 is 0 Å². The second kappa shape index (κ2) is 2.62. The Labute approximate surface area is 71.1 Å². The van der Waals surface area contributed by atoms with Crippen LogP contribution in [-0.4, -0.2) is 21.7 Å². The molecule has 2 rings (SSSR count). The Kier molecular flexibility index (Phi) is 1.60. The van der Waals surface area contributed by atoms with Crippen LogP contribution in [-0.2, 0) is 7.05 Å². The Hall–Kier alpha value is -1.32. The number of amidine groups is 1. The van der Waals surface area contributed by atoms with Crippen molar-refractivity contribution in [3.8, 4) is 0 Å². The maximum Gasteiger partial charge on any atom is 0.146 e. The monoisotopic (exact) mass is 164 g/mol. The molecular formula is C8H12N4. The standard InChI is InChI=1S/C8H12N4/c1-12-5-4-7(11-12)8(9)10-6-2-3-6/h4-6H,2-3H2,1H3,(H2,9,10). The van der Waals surface area contributed by atoms with Gasteiger partial charge in [0, 0.05) is 13.2 Å². The lowest BCUT2D eigenvalue weighted by Crippen LogP contribution is -2.15. The van der Waals surface area contributed by atoms with Gasteiger partial charge in [-0.15, -0.1) is 0 Å². The lowest BCUT2D eigenvalue weighted by Gasteiger charge is -1.93. The van der Waals surface area contributed by atoms with E-state index >= 15 is 0 Å². The largest absolute Gasteiger partial charge is 0.382 e. The molecule has 4 nitrogen and oxygen atoms in total. The Balaban J connectivity index is 2.17. The predicted molar refractivity (Wildman–Crippen MR) is 47.0 cm³/mol. The molecule has 0 aromatic carbocycles. The van der Waals surface area contributed by atoms with Gasteiger partial charge in [0.1, 0.15) is 11.5 Å². The van der Waals surface area contributed by atoms with E-state index in [-0.39, 0.29) is 0 Å². The van der Waals surface area contributed by atoms with Crippen LogP contribution in [0, 0.1) is 0 Å². The minimum Gasteiger partial charge on any atom is -0.382 e. The molecule has 1 aromatic rings. The summed E-state index contributed by atoms with van der Waals surface area (Å²) in [5.74, 6) is 0.568. The molecule has 0 spiro atoms. The van der Waals surface area contributed by atoms with Gasteiger partial charge in [-0.1, -0.05) is 0 Å². The van der Waals surface area contributed by atoms with Crippen molar-refractivity contribution in [3.63, 3.8) is 0 Å². The second-order valence-electron chi connectivity index (χ2n) is 3.12. The van der Waals surface area contributed by atoms with E-state index in [9.17, 15) is 0 Å². The van der Waals surface area contributed by atoms with E-state index in [1.807, 2.05) is 19.3 Å². The Morgan fingerprint density at radius 3 is 3.00 bits per heavy atom. The van der Waals surface area contributed by atoms with E-state index in [1.165, 1.54) is 12.8 Å². The first kappa shape index (κ1) is 7.34. The van der Waals surface area contributed by atoms with Crippen molar-refractivity contribution in [2.45, 2.75) is 18.9 Å². The Morgan fingerprint density at radius 1 is 1.75 bits per heavy atom. The van der Waals surface area contributed by atoms with Crippen molar-refractivity contribution in [1.82, 2.24) is 9.78 Å². The average Bonchev–Trinajstić information content (AvgIpc) is 2.72. The highest BCUT2D eigenvalue weighted by Crippen LogP contribution is 2.23. The maximum atomic E-state index is 5.72. The van der Waals surface area contributed by atoms with Crippen molar-refractivity contribution >= 4 is 5.84 Å². The van der Waals surface area contributed by atoms with Crippen molar-refractivity contribution in [3.05, 3.63) is 18.0 Å². The molecule has 4 heteroatoms. The second-order valence-corrected chi connectivity index (χ2v) is 3.12. The molecule has 0 unspecified atom stereocenters. The molecule has 0 atom stereocenters. The summed E-state index contributed by atoms with van der Waals surface area (Å²) in [6.07, 6.45) is 4.21. The summed E-state index contributed by atoms with van der Waals surface area (Å²) in [5, 5.41) is 4.15. The molecule has 1 saturated carbocycles. The third-order valence-corrected chi connectivity index (χ3v) is 1.84. The first-order chi connectivity index (χ1) is 5.75. The summed E-state index contributed by atoms with van der Waals surface area (Å²) < 4.78 is 1.73. The molecule has 1 aromatic heterocycles. The summed E-state index contributed by atoms with van der Waals surface area (Å²) in [6, 6.07) is 2.34. The van der Waals surface area contributed by atoms with Crippen LogP contribution in [0.15, 0.2) is 17.3 Å². The summed E-state index contributed by atoms with van der Waals surface area (Å²) in [6.45, 7) is 0. The van der Waals surface area contributed by atoms with Crippen molar-refractivity contribution in [2.75, 3.05) is 0 Å². The minimum absolute atomic E-state index is 0.465. The number of aromatic nitrogens is 2. The van der Waals surface area contributed by atoms with Crippen LogP contribution in [0.2, 0.25) is 0 Å². The number of aryl methyl sites for hydroxylation is 1. The molecule has 0 aliphatic heterocycles. The molecule has 12 heavy (non-hydrogen) atoms. The SMILES string of the molecule is Cn1ccc(C(N)=NC2CC2)n1. The van der Waals surface area contributed by atoms with E-state index in [4.69, 9.17) is 5.73 Å². The lowest BCUT2D eigenvalue weighted by atomic mass is 10.4. The Morgan fingerprint density at radius 2 is 2.50 bits per heavy atom. The summed E-state index contributed by atoms with van der Waals surface area (Å²) in [5.41, 5.74) is 6.51. The molecule has 0 saturated heterocycles. The summed E-state index contributed by atoms with van der Waals surface area (Å²) >= 11 is 0. The molecule has 0 amide bonds. The van der Waals surface area contributed by atoms with Gasteiger partial charge in [-0.3, -0.25) is 9.67 Å². The fraction of sp³-hybridized carbons (Fsp3) is 0.500. The number of aliphatic imine (C=N–C) groups is 1. The molecular weight excluding hydrogens is 152 g/mol. The molecule has 1 fully saturated rings. The van der Waals surface area contributed by atoms with Crippen molar-refractivity contribution in [2.24, 2.45) is 17.8 Å². The number of hydrogen-bond acceptors (Lipinski definition) is 2. The van der Waals surface area contributed by atoms with Crippen molar-refractivity contribution in [1.29, 1.82) is 0 Å². The van der Waals surface area contributed by atoms with Gasteiger partial charge < -0.3 is 5.73 Å². The third kappa shape index (κ3) is 1.47. The molecule has 0 radical (unpaired) electrons. The third-order valence-electron chi connectivity index (χ3n) is 1.84. The summed E-state index contributed by atoms with van der Waals surface area (Å²) in [4.78, 5) is 4.29. The van der Waals surface area contributed by atoms with Crippen LogP contribution in [0.3, 0.4) is 0 Å². The molecule has 0 bridgehead atoms. The summed E-state index contributed by atoms with van der Waals surface area (Å²) in [7, 11) is 1.87. The van der Waals surface area contributed by atoms with Gasteiger partial charge in [-0.25, -0.2) is 0 Å². The van der Waals surface area contributed by atoms with Gasteiger partial charge in [-0.05, 0) is 18.9 Å². The first-order valence-corrected chi connectivity index (χ1v) is 4.09. The van der Waals surface area contributed by atoms with Crippen LogP contribution in [0.4, 0.5) is 0 Å². The van der Waals surface area contributed by atoms with E-state index < -0.39 is 0 Å². The van der Waals surface area contributed by atoms with Gasteiger partial charge >= 0.3 is 0 Å². The van der Waals surface area contributed by atoms with Crippen LogP contribution in [0.5, 0.6) is 0 Å². The van der Waals surface area contributed by atoms with Crippen molar-refractivity contribution < 1.29 is 0 Å². The lowest BCUT2D eigenvalue weighted by molar-refractivity contribution is 0.764. The molecule has 2 N–H and O–H groups in total. The fourth-order valence-electron chi connectivity index (χ4n) is 1.02. The zero-order valence-corrected chi connectivity index (χ0v) is 7.07. The highest BCUT2D eigenvalue weighted by atomic mass is 15.3. The zero-order chi connectivity index (χ0) is 8.55. The smallest absolute Gasteiger partial charge is 0.146 e. The fourth-order valence-corrected chi connectivity index (χ4v) is 1.02. The molecule has 1 aliphatic rings. The van der Waals surface area contributed by atoms with Gasteiger partial charge in [0.2, 0.25) is 0 Å². The Bertz CT molecular complexity index is 309. The van der Waals surface area contributed by atoms with Gasteiger partial charge in [-0.2, -0.15) is 5.10 Å². The van der Waals surface area contributed by atoms with E-state index in [1.54, 1.807) is 4.68 Å². The normalized spacial score (nSPS) is 18.2. The van der Waals surface area contributed by atoms with Gasteiger partial charge in [0.05, 0.1) is 6.04 Å². The average molecular weight is 164 g/mol. The molecule has 64 valence electrons. The number of nitrogens with zero attached hydrogens (tertiary/aromatic N) is 3. The maximum absolute atomic E-state index is 5.72. The van der Waals surface area contributed by atoms with Gasteiger partial charge in [0.15, 0.2) is 0 Å². The topological polar surface area (TPSA) is 56.2 Å². The number of rotatable bonds is 2. The first-order valence-electron chi connectivity index (χ1n) is 4.09. The molecule has 1 aliphatic carbocycles. The van der Waals surface area contributed by atoms with Crippen LogP contribution in [0.1, 0.15) is 18.5 Å². The number of nitrogens with two attached hydrogens (primary N) is 1. The number of hydrogen-bond donors (Lipinski definition) is 1. The van der Waals surface area contributed by atoms with E-state index in [0.29, 0.717) is 11.9 Å². The van der Waals surface area contributed by atoms with Crippen LogP contribution < -0.4 is 5.73 Å².